The van der Waals surface area contributed by atoms with E-state index in [0.29, 0.717) is 19.6 Å². The number of benzene rings is 2. The Morgan fingerprint density at radius 1 is 1.11 bits per heavy atom. The predicted molar refractivity (Wildman–Crippen MR) is 102 cm³/mol. The average Bonchev–Trinajstić information content (AvgIpc) is 3.15. The first kappa shape index (κ1) is 19.5. The molecule has 8 heteroatoms. The second-order valence-corrected chi connectivity index (χ2v) is 8.57. The van der Waals surface area contributed by atoms with Crippen molar-refractivity contribution in [1.29, 1.82) is 0 Å². The van der Waals surface area contributed by atoms with Crippen molar-refractivity contribution in [2.45, 2.75) is 16.2 Å². The zero-order valence-electron chi connectivity index (χ0n) is 14.4. The lowest BCUT2D eigenvalue weighted by atomic mass is 10.0. The van der Waals surface area contributed by atoms with Crippen molar-refractivity contribution in [3.05, 3.63) is 59.2 Å². The fourth-order valence-corrected chi connectivity index (χ4v) is 5.29. The number of nitrogens with zero attached hydrogens (tertiary/aromatic N) is 1. The molecule has 0 saturated carbocycles. The highest BCUT2D eigenvalue weighted by Gasteiger charge is 2.35. The number of hydrogen-bond donors (Lipinski definition) is 1. The fraction of sp³-hybridized carbons (Fsp3) is 0.263. The van der Waals surface area contributed by atoms with Crippen LogP contribution in [-0.4, -0.2) is 44.6 Å². The van der Waals surface area contributed by atoms with Crippen LogP contribution in [0.2, 0.25) is 0 Å². The topological polar surface area (TPSA) is 97.5 Å². The van der Waals surface area contributed by atoms with Crippen LogP contribution in [0.5, 0.6) is 0 Å². The molecule has 2 heterocycles. The van der Waals surface area contributed by atoms with E-state index >= 15 is 0 Å². The van der Waals surface area contributed by atoms with E-state index in [1.54, 1.807) is 17.0 Å². The molecule has 2 aromatic carbocycles. The summed E-state index contributed by atoms with van der Waals surface area (Å²) in [7, 11) is -3.84. The van der Waals surface area contributed by atoms with E-state index in [4.69, 9.17) is 5.73 Å². The average molecular weight is 407 g/mol. The van der Waals surface area contributed by atoms with E-state index in [9.17, 15) is 18.0 Å². The number of amides is 1. The van der Waals surface area contributed by atoms with Crippen molar-refractivity contribution < 1.29 is 18.0 Å². The van der Waals surface area contributed by atoms with Crippen LogP contribution in [0.25, 0.3) is 0 Å². The SMILES string of the molecule is Cl.NCC1CCN(C(=O)c2ccc3c(c2)S(=O)(=O)c2ccccc2C3=O)C1. The molecule has 1 fully saturated rings. The number of sulfone groups is 1. The van der Waals surface area contributed by atoms with Gasteiger partial charge in [0, 0.05) is 29.8 Å². The number of carbonyl (C=O) groups is 2. The number of halogens is 1. The van der Waals surface area contributed by atoms with Gasteiger partial charge in [-0.3, -0.25) is 9.59 Å². The Morgan fingerprint density at radius 3 is 2.52 bits per heavy atom. The Hall–Kier alpha value is -2.22. The summed E-state index contributed by atoms with van der Waals surface area (Å²) in [5.74, 6) is -0.298. The lowest BCUT2D eigenvalue weighted by Gasteiger charge is -2.21. The number of ketones is 1. The van der Waals surface area contributed by atoms with Gasteiger partial charge in [-0.25, -0.2) is 8.42 Å². The van der Waals surface area contributed by atoms with Crippen molar-refractivity contribution in [2.24, 2.45) is 11.7 Å². The van der Waals surface area contributed by atoms with Gasteiger partial charge in [0.05, 0.1) is 9.79 Å². The zero-order valence-corrected chi connectivity index (χ0v) is 16.1. The van der Waals surface area contributed by atoms with Gasteiger partial charge in [0.25, 0.3) is 5.91 Å². The molecule has 0 aromatic heterocycles. The van der Waals surface area contributed by atoms with Gasteiger partial charge in [-0.15, -0.1) is 12.4 Å². The van der Waals surface area contributed by atoms with Crippen LogP contribution in [0, 0.1) is 5.92 Å². The summed E-state index contributed by atoms with van der Waals surface area (Å²) in [5.41, 5.74) is 6.23. The van der Waals surface area contributed by atoms with Crippen LogP contribution >= 0.6 is 12.4 Å². The Labute approximate surface area is 163 Å². The predicted octanol–water partition coefficient (Wildman–Crippen LogP) is 1.91. The second-order valence-electron chi connectivity index (χ2n) is 6.68. The maximum Gasteiger partial charge on any atom is 0.253 e. The molecular formula is C19H19ClN2O4S. The summed E-state index contributed by atoms with van der Waals surface area (Å²) in [6.07, 6.45) is 0.845. The molecule has 142 valence electrons. The number of nitrogens with two attached hydrogens (primary N) is 1. The molecule has 27 heavy (non-hydrogen) atoms. The molecule has 1 atom stereocenters. The minimum absolute atomic E-state index is 0. The first-order valence-corrected chi connectivity index (χ1v) is 9.94. The summed E-state index contributed by atoms with van der Waals surface area (Å²) >= 11 is 0. The van der Waals surface area contributed by atoms with Gasteiger partial charge in [0.1, 0.15) is 0 Å². The van der Waals surface area contributed by atoms with E-state index in [0.717, 1.165) is 6.42 Å². The highest BCUT2D eigenvalue weighted by molar-refractivity contribution is 7.91. The summed E-state index contributed by atoms with van der Waals surface area (Å²) in [4.78, 5) is 27.0. The van der Waals surface area contributed by atoms with Gasteiger partial charge in [0.2, 0.25) is 9.84 Å². The molecule has 0 spiro atoms. The zero-order chi connectivity index (χ0) is 18.5. The van der Waals surface area contributed by atoms with Gasteiger partial charge < -0.3 is 10.6 Å². The molecule has 1 amide bonds. The third-order valence-electron chi connectivity index (χ3n) is 5.09. The van der Waals surface area contributed by atoms with Crippen LogP contribution in [0.1, 0.15) is 32.7 Å². The van der Waals surface area contributed by atoms with Crippen LogP contribution < -0.4 is 5.73 Å². The number of fused-ring (bicyclic) bond motifs is 2. The largest absolute Gasteiger partial charge is 0.338 e. The quantitative estimate of drug-likeness (QED) is 0.701. The van der Waals surface area contributed by atoms with Crippen molar-refractivity contribution in [1.82, 2.24) is 4.90 Å². The number of likely N-dealkylation sites (tertiary alicyclic amines) is 1. The molecule has 2 N–H and O–H groups in total. The summed E-state index contributed by atoms with van der Waals surface area (Å²) < 4.78 is 25.9. The summed E-state index contributed by atoms with van der Waals surface area (Å²) in [5, 5.41) is 0. The minimum Gasteiger partial charge on any atom is -0.338 e. The van der Waals surface area contributed by atoms with Gasteiger partial charge in [-0.1, -0.05) is 12.1 Å². The molecule has 4 rings (SSSR count). The molecule has 6 nitrogen and oxygen atoms in total. The Bertz CT molecular complexity index is 1040. The van der Waals surface area contributed by atoms with Crippen molar-refractivity contribution in [3.63, 3.8) is 0 Å². The second kappa shape index (κ2) is 7.07. The monoisotopic (exact) mass is 406 g/mol. The van der Waals surface area contributed by atoms with E-state index in [-0.39, 0.29) is 56.5 Å². The highest BCUT2D eigenvalue weighted by Crippen LogP contribution is 2.35. The normalized spacial score (nSPS) is 19.8. The highest BCUT2D eigenvalue weighted by atomic mass is 35.5. The smallest absolute Gasteiger partial charge is 0.253 e. The molecule has 2 aliphatic heterocycles. The molecule has 2 aliphatic rings. The standard InChI is InChI=1S/C19H18N2O4S.ClH/c20-10-12-7-8-21(11-12)19(23)13-5-6-15-17(9-13)26(24,25)16-4-2-1-3-14(16)18(15)22;/h1-6,9,12H,7-8,10-11,20H2;1H. The first-order valence-electron chi connectivity index (χ1n) is 8.45. The first-order chi connectivity index (χ1) is 12.4. The van der Waals surface area contributed by atoms with Gasteiger partial charge >= 0.3 is 0 Å². The number of hydrogen-bond acceptors (Lipinski definition) is 5. The van der Waals surface area contributed by atoms with E-state index in [2.05, 4.69) is 0 Å². The van der Waals surface area contributed by atoms with Gasteiger partial charge in [-0.05, 0) is 49.2 Å². The number of carbonyl (C=O) groups excluding carboxylic acids is 2. The van der Waals surface area contributed by atoms with Crippen molar-refractivity contribution >= 4 is 33.9 Å². The molecular weight excluding hydrogens is 388 g/mol. The third-order valence-corrected chi connectivity index (χ3v) is 6.94. The van der Waals surface area contributed by atoms with E-state index in [1.165, 1.54) is 30.3 Å². The Morgan fingerprint density at radius 2 is 1.81 bits per heavy atom. The fourth-order valence-electron chi connectivity index (χ4n) is 3.61. The minimum atomic E-state index is -3.84. The maximum atomic E-state index is 12.9. The van der Waals surface area contributed by atoms with E-state index < -0.39 is 9.84 Å². The summed E-state index contributed by atoms with van der Waals surface area (Å²) in [6, 6.07) is 10.4. The molecule has 1 unspecified atom stereocenters. The summed E-state index contributed by atoms with van der Waals surface area (Å²) in [6.45, 7) is 1.70. The molecule has 0 bridgehead atoms. The number of rotatable bonds is 2. The lowest BCUT2D eigenvalue weighted by Crippen LogP contribution is -2.30. The Balaban J connectivity index is 0.00000210. The molecule has 1 saturated heterocycles. The van der Waals surface area contributed by atoms with Crippen LogP contribution in [0.4, 0.5) is 0 Å². The van der Waals surface area contributed by atoms with Crippen molar-refractivity contribution in [3.8, 4) is 0 Å². The molecule has 0 aliphatic carbocycles. The van der Waals surface area contributed by atoms with Gasteiger partial charge in [-0.2, -0.15) is 0 Å². The van der Waals surface area contributed by atoms with E-state index in [1.807, 2.05) is 0 Å². The third kappa shape index (κ3) is 3.05. The molecule has 2 aromatic rings. The Kier molecular flexibility index (Phi) is 5.12. The van der Waals surface area contributed by atoms with Crippen LogP contribution in [0.3, 0.4) is 0 Å². The molecule has 0 radical (unpaired) electrons. The van der Waals surface area contributed by atoms with Gasteiger partial charge in [0.15, 0.2) is 5.78 Å². The van der Waals surface area contributed by atoms with Crippen molar-refractivity contribution in [2.75, 3.05) is 19.6 Å². The maximum absolute atomic E-state index is 12.9. The van der Waals surface area contributed by atoms with Crippen LogP contribution in [0.15, 0.2) is 52.3 Å². The lowest BCUT2D eigenvalue weighted by molar-refractivity contribution is 0.0787. The van der Waals surface area contributed by atoms with Crippen LogP contribution in [-0.2, 0) is 9.84 Å².